The van der Waals surface area contributed by atoms with Crippen LogP contribution in [0.4, 0.5) is 4.70 Å². The van der Waals surface area contributed by atoms with Gasteiger partial charge in [-0.05, 0) is 0 Å². The number of hydrogen-bond acceptors (Lipinski definition) is 0. The molecule has 0 atom stereocenters. The fourth-order valence-corrected chi connectivity index (χ4v) is 1.61. The van der Waals surface area contributed by atoms with Crippen LogP contribution in [-0.4, -0.2) is 16.3 Å². The Morgan fingerprint density at radius 3 is 1.75 bits per heavy atom. The van der Waals surface area contributed by atoms with Gasteiger partial charge in [0, 0.05) is 0 Å². The van der Waals surface area contributed by atoms with Crippen LogP contribution < -0.4 is 0 Å². The van der Waals surface area contributed by atoms with Crippen molar-refractivity contribution in [3.05, 3.63) is 0 Å². The summed E-state index contributed by atoms with van der Waals surface area (Å²) in [6, 6.07) is 0. The van der Waals surface area contributed by atoms with Gasteiger partial charge in [0.15, 0.2) is 0 Å². The molecular weight excluding hydrogens is 118 g/mol. The Morgan fingerprint density at radius 2 is 1.50 bits per heavy atom. The maximum atomic E-state index is 2.91. The first kappa shape index (κ1) is 8.46. The number of hydrogen-bond donors (Lipinski definition) is 0. The van der Waals surface area contributed by atoms with E-state index in [4.69, 9.17) is 0 Å². The molecule has 0 nitrogen and oxygen atoms in total. The van der Waals surface area contributed by atoms with Crippen LogP contribution in [0.1, 0.15) is 32.1 Å². The van der Waals surface area contributed by atoms with Crippen LogP contribution >= 0.6 is 0 Å². The molecule has 0 N–H and O–H groups in total. The Balaban J connectivity index is 0.000000490. The second kappa shape index (κ2) is 4.35. The van der Waals surface area contributed by atoms with E-state index in [-0.39, 0.29) is 4.70 Å². The lowest BCUT2D eigenvalue weighted by Gasteiger charge is -2.16. The molecule has 46 valence electrons. The lowest BCUT2D eigenvalue weighted by atomic mass is 10.0. The van der Waals surface area contributed by atoms with Crippen molar-refractivity contribution < 1.29 is 4.70 Å². The van der Waals surface area contributed by atoms with Gasteiger partial charge in [-0.1, -0.05) is 32.1 Å². The van der Waals surface area contributed by atoms with Gasteiger partial charge in [-0.15, -0.1) is 4.78 Å². The molecule has 8 heavy (non-hydrogen) atoms. The summed E-state index contributed by atoms with van der Waals surface area (Å²) in [5.41, 5.74) is 0. The standard InChI is InChI=1S/C6H11.Al.FH/c1-2-4-6-5-3-1;;/h1H,2-6H2;;1H. The monoisotopic (exact) mass is 130 g/mol. The van der Waals surface area contributed by atoms with Gasteiger partial charge < -0.3 is 0 Å². The van der Waals surface area contributed by atoms with Gasteiger partial charge in [-0.3, -0.25) is 4.70 Å². The average Bonchev–Trinajstić information content (AvgIpc) is 1.69. The molecule has 0 aliphatic heterocycles. The van der Waals surface area contributed by atoms with Crippen molar-refractivity contribution >= 4 is 16.3 Å². The van der Waals surface area contributed by atoms with Crippen LogP contribution in [0, 0.1) is 0 Å². The predicted octanol–water partition coefficient (Wildman–Crippen LogP) is 2.06. The minimum absolute atomic E-state index is 0. The smallest absolute Gasteiger partial charge is 0.123 e. The Morgan fingerprint density at radius 1 is 1.00 bits per heavy atom. The maximum Gasteiger partial charge on any atom is 0.123 e. The summed E-state index contributed by atoms with van der Waals surface area (Å²) < 4.78 is 0.953. The van der Waals surface area contributed by atoms with Crippen LogP contribution in [0.5, 0.6) is 0 Å². The molecule has 0 heterocycles. The third-order valence-electron chi connectivity index (χ3n) is 1.65. The summed E-state index contributed by atoms with van der Waals surface area (Å²) in [6.45, 7) is 0. The van der Waals surface area contributed by atoms with Crippen LogP contribution in [-0.2, 0) is 0 Å². The SMILES string of the molecule is F.[Al][CH]1CCCCC1. The highest BCUT2D eigenvalue weighted by molar-refractivity contribution is 6.11. The van der Waals surface area contributed by atoms with Crippen LogP contribution in [0.25, 0.3) is 0 Å². The predicted molar refractivity (Wildman–Crippen MR) is 35.1 cm³/mol. The van der Waals surface area contributed by atoms with E-state index in [2.05, 4.69) is 16.3 Å². The fourth-order valence-electron chi connectivity index (χ4n) is 1.13. The molecule has 1 rings (SSSR count). The molecule has 0 aromatic heterocycles. The van der Waals surface area contributed by atoms with Crippen molar-refractivity contribution in [2.24, 2.45) is 0 Å². The molecule has 2 radical (unpaired) electrons. The highest BCUT2D eigenvalue weighted by Gasteiger charge is 2.05. The van der Waals surface area contributed by atoms with Gasteiger partial charge in [-0.25, -0.2) is 0 Å². The van der Waals surface area contributed by atoms with E-state index in [0.29, 0.717) is 0 Å². The van der Waals surface area contributed by atoms with Crippen molar-refractivity contribution in [2.45, 2.75) is 36.9 Å². The molecule has 1 saturated carbocycles. The molecule has 1 fully saturated rings. The third kappa shape index (κ3) is 2.69. The Kier molecular flexibility index (Phi) is 4.60. The zero-order valence-electron chi connectivity index (χ0n) is 5.10. The quantitative estimate of drug-likeness (QED) is 0.440. The van der Waals surface area contributed by atoms with Gasteiger partial charge in [0.05, 0.1) is 0 Å². The van der Waals surface area contributed by atoms with E-state index in [0.717, 1.165) is 4.78 Å². The van der Waals surface area contributed by atoms with E-state index in [1.165, 1.54) is 32.1 Å². The zero-order valence-corrected chi connectivity index (χ0v) is 6.25. The molecule has 0 aromatic rings. The van der Waals surface area contributed by atoms with Crippen molar-refractivity contribution in [2.75, 3.05) is 0 Å². The van der Waals surface area contributed by atoms with Crippen molar-refractivity contribution in [1.29, 1.82) is 0 Å². The summed E-state index contributed by atoms with van der Waals surface area (Å²) in [7, 11) is 0. The highest BCUT2D eigenvalue weighted by Crippen LogP contribution is 2.24. The fraction of sp³-hybridized carbons (Fsp3) is 1.00. The largest absolute Gasteiger partial charge is 0.269 e. The molecule has 0 spiro atoms. The Hall–Kier alpha value is 0.462. The van der Waals surface area contributed by atoms with E-state index in [1.54, 1.807) is 0 Å². The molecular formula is C6H12AlF. The molecule has 0 amide bonds. The second-order valence-electron chi connectivity index (χ2n) is 2.40. The second-order valence-corrected chi connectivity index (χ2v) is 3.34. The molecule has 0 unspecified atom stereocenters. The van der Waals surface area contributed by atoms with E-state index >= 15 is 0 Å². The van der Waals surface area contributed by atoms with Crippen molar-refractivity contribution in [1.82, 2.24) is 0 Å². The normalized spacial score (nSPS) is 22.0. The van der Waals surface area contributed by atoms with Crippen LogP contribution in [0.3, 0.4) is 0 Å². The molecule has 1 aliphatic carbocycles. The average molecular weight is 130 g/mol. The molecule has 0 aromatic carbocycles. The molecule has 2 heteroatoms. The van der Waals surface area contributed by atoms with Gasteiger partial charge in [-0.2, -0.15) is 0 Å². The molecule has 0 saturated heterocycles. The van der Waals surface area contributed by atoms with E-state index in [1.807, 2.05) is 0 Å². The first-order valence-electron chi connectivity index (χ1n) is 3.15. The van der Waals surface area contributed by atoms with Gasteiger partial charge >= 0.3 is 0 Å². The minimum atomic E-state index is 0. The first-order chi connectivity index (χ1) is 3.39. The summed E-state index contributed by atoms with van der Waals surface area (Å²) in [6.07, 6.45) is 7.31. The topological polar surface area (TPSA) is 0 Å². The van der Waals surface area contributed by atoms with E-state index < -0.39 is 0 Å². The summed E-state index contributed by atoms with van der Waals surface area (Å²) in [5, 5.41) is 0. The van der Waals surface area contributed by atoms with Crippen molar-refractivity contribution in [3.63, 3.8) is 0 Å². The van der Waals surface area contributed by atoms with Crippen LogP contribution in [0.15, 0.2) is 0 Å². The first-order valence-corrected chi connectivity index (χ1v) is 3.82. The Labute approximate surface area is 58.4 Å². The number of rotatable bonds is 0. The van der Waals surface area contributed by atoms with Gasteiger partial charge in [0.2, 0.25) is 0 Å². The molecule has 1 aliphatic rings. The maximum absolute atomic E-state index is 2.91. The number of halogens is 1. The van der Waals surface area contributed by atoms with E-state index in [9.17, 15) is 0 Å². The van der Waals surface area contributed by atoms with Crippen molar-refractivity contribution in [3.8, 4) is 0 Å². The zero-order chi connectivity index (χ0) is 5.11. The summed E-state index contributed by atoms with van der Waals surface area (Å²) in [4.78, 5) is 0. The summed E-state index contributed by atoms with van der Waals surface area (Å²) >= 11 is 2.91. The van der Waals surface area contributed by atoms with Gasteiger partial charge in [0.1, 0.15) is 16.3 Å². The highest BCUT2D eigenvalue weighted by atomic mass is 27.0. The van der Waals surface area contributed by atoms with Gasteiger partial charge in [0.25, 0.3) is 0 Å². The third-order valence-corrected chi connectivity index (χ3v) is 2.32. The lowest BCUT2D eigenvalue weighted by molar-refractivity contribution is 0.504. The van der Waals surface area contributed by atoms with Crippen LogP contribution in [0.2, 0.25) is 4.78 Å². The lowest BCUT2D eigenvalue weighted by Crippen LogP contribution is -1.98. The molecule has 0 bridgehead atoms. The summed E-state index contributed by atoms with van der Waals surface area (Å²) in [5.74, 6) is 0. The minimum Gasteiger partial charge on any atom is -0.269 e. The Bertz CT molecular complexity index is 50.5.